The van der Waals surface area contributed by atoms with E-state index in [0.717, 1.165) is 16.9 Å². The first-order chi connectivity index (χ1) is 14.2. The number of benzene rings is 2. The van der Waals surface area contributed by atoms with Crippen molar-refractivity contribution in [2.24, 2.45) is 0 Å². The molecule has 146 valence electrons. The number of para-hydroxylation sites is 2. The van der Waals surface area contributed by atoms with Crippen molar-refractivity contribution in [3.63, 3.8) is 0 Å². The zero-order valence-electron chi connectivity index (χ0n) is 15.6. The van der Waals surface area contributed by atoms with Gasteiger partial charge < -0.3 is 20.0 Å². The van der Waals surface area contributed by atoms with E-state index in [2.05, 4.69) is 20.6 Å². The number of nitrogens with one attached hydrogen (secondary N) is 3. The van der Waals surface area contributed by atoms with Crippen LogP contribution in [0.5, 0.6) is 0 Å². The molecule has 3 N–H and O–H groups in total. The first-order valence-electron chi connectivity index (χ1n) is 9.36. The molecule has 7 heteroatoms. The highest BCUT2D eigenvalue weighted by Gasteiger charge is 2.09. The Bertz CT molecular complexity index is 1080. The van der Waals surface area contributed by atoms with Crippen LogP contribution in [0.2, 0.25) is 0 Å². The van der Waals surface area contributed by atoms with E-state index in [9.17, 15) is 9.59 Å². The molecule has 0 aliphatic carbocycles. The number of nitrogens with zero attached hydrogens (tertiary/aromatic N) is 1. The average Bonchev–Trinajstić information content (AvgIpc) is 3.39. The van der Waals surface area contributed by atoms with E-state index >= 15 is 0 Å². The number of anilines is 2. The lowest BCUT2D eigenvalue weighted by molar-refractivity contribution is -0.116. The molecule has 0 fully saturated rings. The van der Waals surface area contributed by atoms with Crippen LogP contribution in [0.1, 0.15) is 29.2 Å². The van der Waals surface area contributed by atoms with Gasteiger partial charge in [0.1, 0.15) is 5.82 Å². The number of carbonyl (C=O) groups is 2. The van der Waals surface area contributed by atoms with Crippen molar-refractivity contribution < 1.29 is 14.0 Å². The smallest absolute Gasteiger partial charge is 0.291 e. The van der Waals surface area contributed by atoms with E-state index in [1.807, 2.05) is 24.3 Å². The Labute approximate surface area is 167 Å². The number of carbonyl (C=O) groups excluding carboxylic acids is 2. The number of aromatic amines is 1. The zero-order valence-corrected chi connectivity index (χ0v) is 15.6. The second-order valence-electron chi connectivity index (χ2n) is 6.61. The minimum Gasteiger partial charge on any atom is -0.459 e. The highest BCUT2D eigenvalue weighted by Crippen LogP contribution is 2.16. The van der Waals surface area contributed by atoms with Crippen molar-refractivity contribution in [3.05, 3.63) is 78.5 Å². The third kappa shape index (κ3) is 4.70. The summed E-state index contributed by atoms with van der Waals surface area (Å²) in [6.07, 6.45) is 3.25. The number of furan rings is 1. The Kier molecular flexibility index (Phi) is 5.38. The lowest BCUT2D eigenvalue weighted by Crippen LogP contribution is -2.12. The standard InChI is InChI=1S/C22H20N4O3/c27-21(9-3-8-20-25-17-5-1-2-6-18(17)26-20)23-15-10-12-16(13-11-15)24-22(28)19-7-4-14-29-19/h1-2,4-7,10-14H,3,8-9H2,(H,23,27)(H,24,28)(H,25,26). The van der Waals surface area contributed by atoms with E-state index in [1.165, 1.54) is 6.26 Å². The predicted molar refractivity (Wildman–Crippen MR) is 111 cm³/mol. The number of hydrogen-bond acceptors (Lipinski definition) is 4. The summed E-state index contributed by atoms with van der Waals surface area (Å²) < 4.78 is 5.05. The lowest BCUT2D eigenvalue weighted by atomic mass is 10.2. The molecule has 2 amide bonds. The van der Waals surface area contributed by atoms with Gasteiger partial charge in [-0.05, 0) is 55.0 Å². The van der Waals surface area contributed by atoms with Gasteiger partial charge in [0.2, 0.25) is 5.91 Å². The molecule has 29 heavy (non-hydrogen) atoms. The zero-order chi connectivity index (χ0) is 20.1. The van der Waals surface area contributed by atoms with Crippen molar-refractivity contribution in [2.75, 3.05) is 10.6 Å². The van der Waals surface area contributed by atoms with Crippen LogP contribution in [0.4, 0.5) is 11.4 Å². The average molecular weight is 388 g/mol. The number of hydrogen-bond donors (Lipinski definition) is 3. The van der Waals surface area contributed by atoms with Gasteiger partial charge in [0.25, 0.3) is 5.91 Å². The van der Waals surface area contributed by atoms with E-state index in [4.69, 9.17) is 4.42 Å². The van der Waals surface area contributed by atoms with Crippen LogP contribution in [-0.4, -0.2) is 21.8 Å². The molecule has 0 unspecified atom stereocenters. The van der Waals surface area contributed by atoms with Crippen molar-refractivity contribution in [2.45, 2.75) is 19.3 Å². The summed E-state index contributed by atoms with van der Waals surface area (Å²) in [6.45, 7) is 0. The molecule has 0 atom stereocenters. The first kappa shape index (κ1) is 18.5. The molecule has 2 aromatic heterocycles. The maximum atomic E-state index is 12.2. The van der Waals surface area contributed by atoms with Crippen LogP contribution in [0, 0.1) is 0 Å². The Balaban J connectivity index is 1.24. The van der Waals surface area contributed by atoms with Crippen molar-refractivity contribution in [3.8, 4) is 0 Å². The first-order valence-corrected chi connectivity index (χ1v) is 9.36. The quantitative estimate of drug-likeness (QED) is 0.438. The third-order valence-electron chi connectivity index (χ3n) is 4.43. The molecule has 0 spiro atoms. The summed E-state index contributed by atoms with van der Waals surface area (Å²) in [5, 5.41) is 5.59. The van der Waals surface area contributed by atoms with Crippen LogP contribution in [0.3, 0.4) is 0 Å². The van der Waals surface area contributed by atoms with Gasteiger partial charge >= 0.3 is 0 Å². The van der Waals surface area contributed by atoms with Gasteiger partial charge in [0.05, 0.1) is 17.3 Å². The molecule has 0 radical (unpaired) electrons. The fourth-order valence-electron chi connectivity index (χ4n) is 3.00. The third-order valence-corrected chi connectivity index (χ3v) is 4.43. The van der Waals surface area contributed by atoms with Gasteiger partial charge in [-0.1, -0.05) is 12.1 Å². The van der Waals surface area contributed by atoms with Crippen molar-refractivity contribution in [1.82, 2.24) is 9.97 Å². The Morgan fingerprint density at radius 1 is 0.931 bits per heavy atom. The summed E-state index contributed by atoms with van der Waals surface area (Å²) in [6, 6.07) is 18.1. The van der Waals surface area contributed by atoms with E-state index < -0.39 is 0 Å². The molecule has 2 aromatic carbocycles. The van der Waals surface area contributed by atoms with E-state index in [-0.39, 0.29) is 17.6 Å². The van der Waals surface area contributed by atoms with E-state index in [1.54, 1.807) is 36.4 Å². The summed E-state index contributed by atoms with van der Waals surface area (Å²) >= 11 is 0. The van der Waals surface area contributed by atoms with Gasteiger partial charge in [-0.25, -0.2) is 4.98 Å². The van der Waals surface area contributed by atoms with Crippen LogP contribution in [-0.2, 0) is 11.2 Å². The molecule has 4 aromatic rings. The SMILES string of the molecule is O=C(CCCc1nc2ccccc2[nH]1)Nc1ccc(NC(=O)c2ccco2)cc1. The maximum Gasteiger partial charge on any atom is 0.291 e. The number of aryl methyl sites for hydroxylation is 1. The second kappa shape index (κ2) is 8.43. The van der Waals surface area contributed by atoms with Crippen LogP contribution in [0.15, 0.2) is 71.3 Å². The summed E-state index contributed by atoms with van der Waals surface area (Å²) in [5.74, 6) is 0.744. The number of aromatic nitrogens is 2. The topological polar surface area (TPSA) is 100 Å². The molecule has 0 aliphatic heterocycles. The van der Waals surface area contributed by atoms with E-state index in [0.29, 0.717) is 30.6 Å². The second-order valence-corrected chi connectivity index (χ2v) is 6.61. The number of rotatable bonds is 7. The highest BCUT2D eigenvalue weighted by atomic mass is 16.3. The molecule has 0 saturated carbocycles. The molecule has 0 bridgehead atoms. The molecule has 2 heterocycles. The predicted octanol–water partition coefficient (Wildman–Crippen LogP) is 4.37. The lowest BCUT2D eigenvalue weighted by Gasteiger charge is -2.07. The van der Waals surface area contributed by atoms with Crippen LogP contribution in [0.25, 0.3) is 11.0 Å². The molecular weight excluding hydrogens is 368 g/mol. The van der Waals surface area contributed by atoms with Gasteiger partial charge in [-0.2, -0.15) is 0 Å². The normalized spacial score (nSPS) is 10.8. The van der Waals surface area contributed by atoms with Gasteiger partial charge in [0, 0.05) is 24.2 Å². The molecule has 7 nitrogen and oxygen atoms in total. The molecular formula is C22H20N4O3. The van der Waals surface area contributed by atoms with Gasteiger partial charge in [-0.15, -0.1) is 0 Å². The number of H-pyrrole nitrogens is 1. The number of amides is 2. The fourth-order valence-corrected chi connectivity index (χ4v) is 3.00. The summed E-state index contributed by atoms with van der Waals surface area (Å²) in [7, 11) is 0. The number of fused-ring (bicyclic) bond motifs is 1. The Morgan fingerprint density at radius 3 is 2.41 bits per heavy atom. The largest absolute Gasteiger partial charge is 0.459 e. The minimum atomic E-state index is -0.322. The molecule has 0 saturated heterocycles. The van der Waals surface area contributed by atoms with Gasteiger partial charge in [0.15, 0.2) is 5.76 Å². The summed E-state index contributed by atoms with van der Waals surface area (Å²) in [5.41, 5.74) is 3.24. The maximum absolute atomic E-state index is 12.2. The molecule has 4 rings (SSSR count). The fraction of sp³-hybridized carbons (Fsp3) is 0.136. The van der Waals surface area contributed by atoms with Crippen molar-refractivity contribution in [1.29, 1.82) is 0 Å². The molecule has 0 aliphatic rings. The van der Waals surface area contributed by atoms with Crippen molar-refractivity contribution >= 4 is 34.2 Å². The van der Waals surface area contributed by atoms with Gasteiger partial charge in [-0.3, -0.25) is 9.59 Å². The number of imidazole rings is 1. The summed E-state index contributed by atoms with van der Waals surface area (Å²) in [4.78, 5) is 31.9. The Morgan fingerprint density at radius 2 is 1.69 bits per heavy atom. The van der Waals surface area contributed by atoms with Crippen LogP contribution < -0.4 is 10.6 Å². The van der Waals surface area contributed by atoms with Crippen LogP contribution >= 0.6 is 0 Å². The highest BCUT2D eigenvalue weighted by molar-refractivity contribution is 6.02. The monoisotopic (exact) mass is 388 g/mol. The Hall–Kier alpha value is -3.87. The minimum absolute atomic E-state index is 0.0616.